The van der Waals surface area contributed by atoms with E-state index in [1.807, 2.05) is 6.92 Å². The van der Waals surface area contributed by atoms with E-state index in [1.54, 1.807) is 30.3 Å². The third-order valence-electron chi connectivity index (χ3n) is 3.50. The molecule has 0 aliphatic carbocycles. The van der Waals surface area contributed by atoms with Crippen molar-refractivity contribution < 1.29 is 19.2 Å². The minimum absolute atomic E-state index is 0.00797. The second kappa shape index (κ2) is 5.57. The molecule has 0 unspecified atom stereocenters. The number of nitro groups is 1. The van der Waals surface area contributed by atoms with E-state index in [9.17, 15) is 14.9 Å². The Kier molecular flexibility index (Phi) is 3.57. The maximum absolute atomic E-state index is 12.5. The van der Waals surface area contributed by atoms with Gasteiger partial charge < -0.3 is 9.47 Å². The fraction of sp³-hybridized carbons (Fsp3) is 0.118. The molecule has 0 spiro atoms. The fourth-order valence-electron chi connectivity index (χ4n) is 2.41. The number of Topliss-reactive ketones (excluding diaryl/α,β-unsaturated/α-hetero) is 1. The van der Waals surface area contributed by atoms with E-state index in [-0.39, 0.29) is 17.2 Å². The van der Waals surface area contributed by atoms with E-state index in [0.717, 1.165) is 5.56 Å². The quantitative estimate of drug-likeness (QED) is 0.492. The van der Waals surface area contributed by atoms with Crippen LogP contribution in [0.5, 0.6) is 11.5 Å². The van der Waals surface area contributed by atoms with E-state index in [4.69, 9.17) is 9.47 Å². The fourth-order valence-corrected chi connectivity index (χ4v) is 2.41. The van der Waals surface area contributed by atoms with Gasteiger partial charge in [0.2, 0.25) is 5.78 Å². The van der Waals surface area contributed by atoms with Gasteiger partial charge in [-0.1, -0.05) is 0 Å². The third kappa shape index (κ3) is 2.66. The summed E-state index contributed by atoms with van der Waals surface area (Å²) >= 11 is 0. The summed E-state index contributed by atoms with van der Waals surface area (Å²) < 4.78 is 10.9. The highest BCUT2D eigenvalue weighted by atomic mass is 16.6. The van der Waals surface area contributed by atoms with Gasteiger partial charge in [0.15, 0.2) is 5.76 Å². The van der Waals surface area contributed by atoms with E-state index in [1.165, 1.54) is 19.2 Å². The molecular formula is C17H13NO5. The molecule has 0 bridgehead atoms. The lowest BCUT2D eigenvalue weighted by Gasteiger charge is -2.05. The average Bonchev–Trinajstić information content (AvgIpc) is 2.83. The van der Waals surface area contributed by atoms with Crippen molar-refractivity contribution >= 4 is 17.5 Å². The first-order valence-electron chi connectivity index (χ1n) is 6.87. The topological polar surface area (TPSA) is 78.7 Å². The van der Waals surface area contributed by atoms with Gasteiger partial charge in [-0.05, 0) is 48.4 Å². The van der Waals surface area contributed by atoms with Crippen LogP contribution in [0.25, 0.3) is 6.08 Å². The Morgan fingerprint density at radius 3 is 2.52 bits per heavy atom. The lowest BCUT2D eigenvalue weighted by Crippen LogP contribution is -2.00. The molecular weight excluding hydrogens is 298 g/mol. The summed E-state index contributed by atoms with van der Waals surface area (Å²) in [5.74, 6) is 0.824. The van der Waals surface area contributed by atoms with Gasteiger partial charge in [-0.15, -0.1) is 0 Å². The number of nitrogens with zero attached hydrogens (tertiary/aromatic N) is 1. The van der Waals surface area contributed by atoms with Crippen LogP contribution in [0.4, 0.5) is 5.69 Å². The number of carbonyl (C=O) groups is 1. The van der Waals surface area contributed by atoms with Crippen LogP contribution >= 0.6 is 0 Å². The van der Waals surface area contributed by atoms with Gasteiger partial charge in [-0.2, -0.15) is 0 Å². The van der Waals surface area contributed by atoms with Crippen LogP contribution in [-0.2, 0) is 0 Å². The molecule has 116 valence electrons. The van der Waals surface area contributed by atoms with Crippen molar-refractivity contribution in [1.82, 2.24) is 0 Å². The Morgan fingerprint density at radius 2 is 1.91 bits per heavy atom. The summed E-state index contributed by atoms with van der Waals surface area (Å²) in [4.78, 5) is 22.7. The lowest BCUT2D eigenvalue weighted by atomic mass is 10.1. The van der Waals surface area contributed by atoms with Crippen molar-refractivity contribution in [2.24, 2.45) is 0 Å². The number of nitro benzene ring substituents is 1. The molecule has 0 fully saturated rings. The SMILES string of the molecule is COc1cc(C)cc2c1C(=O)/C(=C/c1ccc([N+](=O)[O-])cc1)O2. The molecule has 0 amide bonds. The highest BCUT2D eigenvalue weighted by molar-refractivity contribution is 6.16. The minimum Gasteiger partial charge on any atom is -0.496 e. The molecule has 0 saturated carbocycles. The molecule has 0 atom stereocenters. The number of ketones is 1. The van der Waals surface area contributed by atoms with Crippen molar-refractivity contribution in [1.29, 1.82) is 0 Å². The minimum atomic E-state index is -0.475. The summed E-state index contributed by atoms with van der Waals surface area (Å²) in [5, 5.41) is 10.7. The Labute approximate surface area is 132 Å². The smallest absolute Gasteiger partial charge is 0.269 e. The van der Waals surface area contributed by atoms with Crippen LogP contribution in [0.3, 0.4) is 0 Å². The molecule has 23 heavy (non-hydrogen) atoms. The van der Waals surface area contributed by atoms with Gasteiger partial charge in [-0.25, -0.2) is 0 Å². The number of aryl methyl sites for hydroxylation is 1. The molecule has 0 aromatic heterocycles. The Morgan fingerprint density at radius 1 is 1.22 bits per heavy atom. The van der Waals surface area contributed by atoms with Crippen LogP contribution < -0.4 is 9.47 Å². The molecule has 0 saturated heterocycles. The number of hydrogen-bond donors (Lipinski definition) is 0. The predicted octanol–water partition coefficient (Wildman–Crippen LogP) is 3.53. The number of methoxy groups -OCH3 is 1. The van der Waals surface area contributed by atoms with E-state index in [2.05, 4.69) is 0 Å². The number of benzene rings is 2. The maximum Gasteiger partial charge on any atom is 0.269 e. The van der Waals surface area contributed by atoms with Gasteiger partial charge in [0, 0.05) is 12.1 Å². The summed E-state index contributed by atoms with van der Waals surface area (Å²) in [7, 11) is 1.50. The first-order chi connectivity index (χ1) is 11.0. The zero-order valence-electron chi connectivity index (χ0n) is 12.5. The second-order valence-electron chi connectivity index (χ2n) is 5.13. The van der Waals surface area contributed by atoms with Crippen LogP contribution in [0.2, 0.25) is 0 Å². The summed E-state index contributed by atoms with van der Waals surface area (Å²) in [6.45, 7) is 1.88. The van der Waals surface area contributed by atoms with Gasteiger partial charge in [0.1, 0.15) is 17.1 Å². The number of rotatable bonds is 3. The maximum atomic E-state index is 12.5. The molecule has 0 N–H and O–H groups in total. The molecule has 1 aliphatic rings. The Balaban J connectivity index is 1.97. The van der Waals surface area contributed by atoms with Crippen molar-refractivity contribution in [3.8, 4) is 11.5 Å². The standard InChI is InChI=1S/C17H13NO5/c1-10-7-13(22-2)16-14(8-10)23-15(17(16)19)9-11-3-5-12(6-4-11)18(20)21/h3-9H,1-2H3/b15-9-. The van der Waals surface area contributed by atoms with Crippen LogP contribution in [-0.4, -0.2) is 17.8 Å². The zero-order chi connectivity index (χ0) is 16.6. The molecule has 1 heterocycles. The average molecular weight is 311 g/mol. The lowest BCUT2D eigenvalue weighted by molar-refractivity contribution is -0.384. The van der Waals surface area contributed by atoms with Gasteiger partial charge in [-0.3, -0.25) is 14.9 Å². The van der Waals surface area contributed by atoms with Crippen LogP contribution in [0, 0.1) is 17.0 Å². The molecule has 1 aliphatic heterocycles. The molecule has 3 rings (SSSR count). The molecule has 2 aromatic carbocycles. The summed E-state index contributed by atoms with van der Waals surface area (Å²) in [5.41, 5.74) is 1.95. The van der Waals surface area contributed by atoms with Crippen molar-refractivity contribution in [3.05, 3.63) is 69.0 Å². The molecule has 6 nitrogen and oxygen atoms in total. The first-order valence-corrected chi connectivity index (χ1v) is 6.87. The Hall–Kier alpha value is -3.15. The highest BCUT2D eigenvalue weighted by Gasteiger charge is 2.31. The number of hydrogen-bond acceptors (Lipinski definition) is 5. The zero-order valence-corrected chi connectivity index (χ0v) is 12.5. The largest absolute Gasteiger partial charge is 0.496 e. The van der Waals surface area contributed by atoms with Crippen LogP contribution in [0.15, 0.2) is 42.2 Å². The second-order valence-corrected chi connectivity index (χ2v) is 5.13. The number of non-ortho nitro benzene ring substituents is 1. The molecule has 6 heteroatoms. The predicted molar refractivity (Wildman–Crippen MR) is 83.8 cm³/mol. The number of carbonyl (C=O) groups excluding carboxylic acids is 1. The van der Waals surface area contributed by atoms with Crippen molar-refractivity contribution in [3.63, 3.8) is 0 Å². The third-order valence-corrected chi connectivity index (χ3v) is 3.50. The molecule has 0 radical (unpaired) electrons. The summed E-state index contributed by atoms with van der Waals surface area (Å²) in [6.07, 6.45) is 1.56. The van der Waals surface area contributed by atoms with Gasteiger partial charge in [0.05, 0.1) is 12.0 Å². The van der Waals surface area contributed by atoms with Gasteiger partial charge >= 0.3 is 0 Å². The van der Waals surface area contributed by atoms with E-state index < -0.39 is 4.92 Å². The number of allylic oxidation sites excluding steroid dienone is 1. The van der Waals surface area contributed by atoms with E-state index >= 15 is 0 Å². The number of ether oxygens (including phenoxy) is 2. The molecule has 2 aromatic rings. The van der Waals surface area contributed by atoms with Crippen molar-refractivity contribution in [2.75, 3.05) is 7.11 Å². The Bertz CT molecular complexity index is 837. The first kappa shape index (κ1) is 14.8. The van der Waals surface area contributed by atoms with Crippen molar-refractivity contribution in [2.45, 2.75) is 6.92 Å². The number of fused-ring (bicyclic) bond motifs is 1. The summed E-state index contributed by atoms with van der Waals surface area (Å²) in [6, 6.07) is 9.43. The van der Waals surface area contributed by atoms with Crippen LogP contribution in [0.1, 0.15) is 21.5 Å². The highest BCUT2D eigenvalue weighted by Crippen LogP contribution is 2.39. The van der Waals surface area contributed by atoms with E-state index in [0.29, 0.717) is 22.6 Å². The van der Waals surface area contributed by atoms with Gasteiger partial charge in [0.25, 0.3) is 5.69 Å². The monoisotopic (exact) mass is 311 g/mol. The normalized spacial score (nSPS) is 14.5.